The minimum atomic E-state index is 0.553. The maximum atomic E-state index is 4.71. The Hall–Kier alpha value is -2.93. The largest absolute Gasteiger partial charge is 0.357 e. The van der Waals surface area contributed by atoms with Gasteiger partial charge in [-0.05, 0) is 44.3 Å². The van der Waals surface area contributed by atoms with Crippen molar-refractivity contribution < 1.29 is 0 Å². The van der Waals surface area contributed by atoms with E-state index in [1.54, 1.807) is 0 Å². The van der Waals surface area contributed by atoms with E-state index >= 15 is 0 Å². The van der Waals surface area contributed by atoms with E-state index in [2.05, 4.69) is 71.0 Å². The van der Waals surface area contributed by atoms with Gasteiger partial charge < -0.3 is 15.5 Å². The van der Waals surface area contributed by atoms with Crippen molar-refractivity contribution in [3.05, 3.63) is 65.6 Å². The number of fused-ring (bicyclic) bond motifs is 1. The quantitative estimate of drug-likeness (QED) is 0.495. The molecule has 2 N–H and O–H groups in total. The highest BCUT2D eigenvalue weighted by atomic mass is 15.3. The Morgan fingerprint density at radius 1 is 1.07 bits per heavy atom. The lowest BCUT2D eigenvalue weighted by Gasteiger charge is -2.12. The highest BCUT2D eigenvalue weighted by molar-refractivity contribution is 5.79. The van der Waals surface area contributed by atoms with E-state index in [0.717, 1.165) is 30.5 Å². The molecule has 3 aromatic rings. The van der Waals surface area contributed by atoms with Gasteiger partial charge in [-0.15, -0.1) is 10.2 Å². The Bertz CT molecular complexity index is 898. The topological polar surface area (TPSA) is 69.8 Å². The van der Waals surface area contributed by atoms with Gasteiger partial charge in [-0.2, -0.15) is 0 Å². The maximum Gasteiger partial charge on any atom is 0.191 e. The van der Waals surface area contributed by atoms with Crippen LogP contribution in [0.25, 0.3) is 5.65 Å². The van der Waals surface area contributed by atoms with Crippen LogP contribution in [0.5, 0.6) is 0 Å². The van der Waals surface area contributed by atoms with Crippen molar-refractivity contribution in [3.8, 4) is 0 Å². The summed E-state index contributed by atoms with van der Waals surface area (Å²) in [5.41, 5.74) is 3.33. The van der Waals surface area contributed by atoms with Crippen LogP contribution in [0.4, 0.5) is 0 Å². The summed E-state index contributed by atoms with van der Waals surface area (Å²) in [6.45, 7) is 4.96. The summed E-state index contributed by atoms with van der Waals surface area (Å²) in [5, 5.41) is 15.0. The van der Waals surface area contributed by atoms with Crippen molar-refractivity contribution in [2.75, 3.05) is 20.6 Å². The van der Waals surface area contributed by atoms with Crippen LogP contribution >= 0.6 is 0 Å². The van der Waals surface area contributed by atoms with Crippen molar-refractivity contribution in [1.82, 2.24) is 30.1 Å². The van der Waals surface area contributed by atoms with Crippen molar-refractivity contribution >= 4 is 11.6 Å². The zero-order valence-corrected chi connectivity index (χ0v) is 16.2. The molecule has 7 nitrogen and oxygen atoms in total. The number of guanidine groups is 1. The van der Waals surface area contributed by atoms with Gasteiger partial charge in [0, 0.05) is 19.3 Å². The number of rotatable bonds is 7. The number of nitrogens with one attached hydrogen (secondary N) is 2. The van der Waals surface area contributed by atoms with E-state index < -0.39 is 0 Å². The highest BCUT2D eigenvalue weighted by Gasteiger charge is 2.06. The molecule has 0 aliphatic carbocycles. The van der Waals surface area contributed by atoms with Gasteiger partial charge in [0.05, 0.1) is 13.1 Å². The first kappa shape index (κ1) is 18.8. The average Bonchev–Trinajstić information content (AvgIpc) is 3.07. The molecule has 0 atom stereocenters. The number of nitrogens with zero attached hydrogens (tertiary/aromatic N) is 5. The van der Waals surface area contributed by atoms with Crippen molar-refractivity contribution in [2.45, 2.75) is 26.6 Å². The molecular weight excluding hydrogens is 338 g/mol. The fraction of sp³-hybridized carbons (Fsp3) is 0.350. The third-order valence-electron chi connectivity index (χ3n) is 4.05. The van der Waals surface area contributed by atoms with Crippen LogP contribution in [0.2, 0.25) is 0 Å². The van der Waals surface area contributed by atoms with E-state index in [9.17, 15) is 0 Å². The molecule has 0 aliphatic heterocycles. The second-order valence-corrected chi connectivity index (χ2v) is 6.65. The first-order valence-corrected chi connectivity index (χ1v) is 9.19. The third-order valence-corrected chi connectivity index (χ3v) is 4.05. The molecule has 0 unspecified atom stereocenters. The number of aliphatic imine (C=N–C) groups is 1. The van der Waals surface area contributed by atoms with Crippen LogP contribution in [0.3, 0.4) is 0 Å². The smallest absolute Gasteiger partial charge is 0.191 e. The van der Waals surface area contributed by atoms with Gasteiger partial charge in [-0.3, -0.25) is 4.40 Å². The molecule has 142 valence electrons. The molecule has 0 fully saturated rings. The summed E-state index contributed by atoms with van der Waals surface area (Å²) < 4.78 is 1.97. The minimum Gasteiger partial charge on any atom is -0.357 e. The Morgan fingerprint density at radius 2 is 1.93 bits per heavy atom. The number of pyridine rings is 1. The van der Waals surface area contributed by atoms with E-state index in [-0.39, 0.29) is 0 Å². The number of hydrogen-bond acceptors (Lipinski definition) is 4. The van der Waals surface area contributed by atoms with Crippen LogP contribution in [-0.4, -0.2) is 46.1 Å². The second kappa shape index (κ2) is 9.14. The lowest BCUT2D eigenvalue weighted by molar-refractivity contribution is 0.402. The summed E-state index contributed by atoms with van der Waals surface area (Å²) >= 11 is 0. The molecule has 3 rings (SSSR count). The lowest BCUT2D eigenvalue weighted by Crippen LogP contribution is -2.37. The molecule has 0 spiro atoms. The van der Waals surface area contributed by atoms with E-state index in [1.807, 2.05) is 28.8 Å². The Morgan fingerprint density at radius 3 is 2.74 bits per heavy atom. The predicted octanol–water partition coefficient (Wildman–Crippen LogP) is 2.05. The van der Waals surface area contributed by atoms with Crippen LogP contribution < -0.4 is 10.6 Å². The Kier molecular flexibility index (Phi) is 6.38. The van der Waals surface area contributed by atoms with Gasteiger partial charge in [0.1, 0.15) is 0 Å². The number of benzene rings is 1. The van der Waals surface area contributed by atoms with Gasteiger partial charge in [0.25, 0.3) is 0 Å². The van der Waals surface area contributed by atoms with Crippen LogP contribution in [0, 0.1) is 0 Å². The minimum absolute atomic E-state index is 0.553. The molecule has 0 saturated heterocycles. The van der Waals surface area contributed by atoms with Crippen LogP contribution in [0.15, 0.2) is 53.7 Å². The van der Waals surface area contributed by atoms with Gasteiger partial charge in [-0.25, -0.2) is 4.99 Å². The van der Waals surface area contributed by atoms with Crippen LogP contribution in [0.1, 0.15) is 23.9 Å². The molecule has 0 radical (unpaired) electrons. The molecule has 0 saturated carbocycles. The molecule has 7 heteroatoms. The van der Waals surface area contributed by atoms with Gasteiger partial charge in [0.15, 0.2) is 17.4 Å². The summed E-state index contributed by atoms with van der Waals surface area (Å²) in [6.07, 6.45) is 1.96. The first-order chi connectivity index (χ1) is 13.2. The summed E-state index contributed by atoms with van der Waals surface area (Å²) in [6, 6.07) is 14.4. The number of hydrogen-bond donors (Lipinski definition) is 2. The molecule has 0 bridgehead atoms. The van der Waals surface area contributed by atoms with Gasteiger partial charge in [0.2, 0.25) is 0 Å². The molecule has 1 aromatic carbocycles. The first-order valence-electron chi connectivity index (χ1n) is 9.19. The van der Waals surface area contributed by atoms with Crippen molar-refractivity contribution in [1.29, 1.82) is 0 Å². The Balaban J connectivity index is 1.66. The summed E-state index contributed by atoms with van der Waals surface area (Å²) in [7, 11) is 4.15. The SMILES string of the molecule is CCNC(=NCc1cccc(CN(C)C)c1)NCc1nnc2ccccn12. The van der Waals surface area contributed by atoms with Gasteiger partial charge in [-0.1, -0.05) is 30.3 Å². The standard InChI is InChI=1S/C20H27N7/c1-4-21-20(22-13-16-8-7-9-17(12-16)15-26(2)3)23-14-19-25-24-18-10-5-6-11-27(18)19/h5-12H,4,13-15H2,1-3H3,(H2,21,22,23). The fourth-order valence-corrected chi connectivity index (χ4v) is 2.88. The third kappa shape index (κ3) is 5.27. The summed E-state index contributed by atoms with van der Waals surface area (Å²) in [5.74, 6) is 1.62. The monoisotopic (exact) mass is 365 g/mol. The fourth-order valence-electron chi connectivity index (χ4n) is 2.88. The molecule has 27 heavy (non-hydrogen) atoms. The van der Waals surface area contributed by atoms with Crippen molar-refractivity contribution in [2.24, 2.45) is 4.99 Å². The average molecular weight is 365 g/mol. The lowest BCUT2D eigenvalue weighted by atomic mass is 10.1. The van der Waals surface area contributed by atoms with E-state index in [0.29, 0.717) is 13.1 Å². The molecule has 2 aromatic heterocycles. The molecule has 2 heterocycles. The van der Waals surface area contributed by atoms with E-state index in [4.69, 9.17) is 4.99 Å². The van der Waals surface area contributed by atoms with Crippen molar-refractivity contribution in [3.63, 3.8) is 0 Å². The molecule has 0 aliphatic rings. The zero-order chi connectivity index (χ0) is 19.1. The summed E-state index contributed by atoms with van der Waals surface area (Å²) in [4.78, 5) is 6.87. The Labute approximate surface area is 160 Å². The maximum absolute atomic E-state index is 4.71. The highest BCUT2D eigenvalue weighted by Crippen LogP contribution is 2.08. The number of aromatic nitrogens is 3. The normalized spacial score (nSPS) is 11.9. The van der Waals surface area contributed by atoms with E-state index in [1.165, 1.54) is 11.1 Å². The van der Waals surface area contributed by atoms with Gasteiger partial charge >= 0.3 is 0 Å². The molecule has 0 amide bonds. The predicted molar refractivity (Wildman–Crippen MR) is 108 cm³/mol. The zero-order valence-electron chi connectivity index (χ0n) is 16.2. The van der Waals surface area contributed by atoms with Crippen LogP contribution in [-0.2, 0) is 19.6 Å². The molecular formula is C20H27N7. The second-order valence-electron chi connectivity index (χ2n) is 6.65.